The van der Waals surface area contributed by atoms with Gasteiger partial charge < -0.3 is 5.11 Å². The molecule has 3 heteroatoms. The van der Waals surface area contributed by atoms with Crippen LogP contribution < -0.4 is 0 Å². The second-order valence-corrected chi connectivity index (χ2v) is 3.06. The minimum atomic E-state index is -0.327. The first kappa shape index (κ1) is 13.4. The quantitative estimate of drug-likeness (QED) is 0.775. The molecular weight excluding hydrogens is 192 g/mol. The molecule has 0 aliphatic carbocycles. The molecule has 1 rings (SSSR count). The van der Waals surface area contributed by atoms with Crippen LogP contribution in [0.3, 0.4) is 0 Å². The van der Waals surface area contributed by atoms with Crippen LogP contribution in [-0.2, 0) is 9.59 Å². The molecule has 1 aromatic carbocycles. The van der Waals surface area contributed by atoms with Crippen molar-refractivity contribution in [3.63, 3.8) is 0 Å². The molecule has 0 unspecified atom stereocenters. The summed E-state index contributed by atoms with van der Waals surface area (Å²) in [6, 6.07) is 8.71. The van der Waals surface area contributed by atoms with Gasteiger partial charge in [-0.25, -0.2) is 0 Å². The van der Waals surface area contributed by atoms with E-state index in [9.17, 15) is 9.59 Å². The number of carbonyl (C=O) groups is 2. The number of benzene rings is 1. The third-order valence-electron chi connectivity index (χ3n) is 1.63. The average molecular weight is 208 g/mol. The molecule has 3 nitrogen and oxygen atoms in total. The maximum atomic E-state index is 10.4. The Morgan fingerprint density at radius 2 is 1.73 bits per heavy atom. The van der Waals surface area contributed by atoms with Crippen LogP contribution in [0.1, 0.15) is 26.7 Å². The summed E-state index contributed by atoms with van der Waals surface area (Å²) in [5.74, 6) is -0.262. The van der Waals surface area contributed by atoms with E-state index in [0.29, 0.717) is 12.2 Å². The zero-order valence-corrected chi connectivity index (χ0v) is 9.06. The van der Waals surface area contributed by atoms with Gasteiger partial charge in [-0.3, -0.25) is 9.59 Å². The van der Waals surface area contributed by atoms with Gasteiger partial charge in [0.2, 0.25) is 0 Å². The molecule has 0 bridgehead atoms. The van der Waals surface area contributed by atoms with E-state index < -0.39 is 0 Å². The Morgan fingerprint density at radius 1 is 1.20 bits per heavy atom. The maximum Gasteiger partial charge on any atom is 0.198 e. The Balaban J connectivity index is 0.000000262. The van der Waals surface area contributed by atoms with Gasteiger partial charge in [0.15, 0.2) is 11.6 Å². The van der Waals surface area contributed by atoms with E-state index >= 15 is 0 Å². The Labute approximate surface area is 89.7 Å². The van der Waals surface area contributed by atoms with Gasteiger partial charge in [0, 0.05) is 13.3 Å². The number of phenols is 1. The first-order chi connectivity index (χ1) is 7.07. The lowest BCUT2D eigenvalue weighted by atomic mass is 10.2. The minimum absolute atomic E-state index is 0.257. The van der Waals surface area contributed by atoms with Crippen LogP contribution in [0.25, 0.3) is 0 Å². The molecule has 0 spiro atoms. The molecule has 0 aliphatic rings. The van der Waals surface area contributed by atoms with Gasteiger partial charge in [-0.2, -0.15) is 0 Å². The van der Waals surface area contributed by atoms with Crippen molar-refractivity contribution in [1.82, 2.24) is 0 Å². The van der Waals surface area contributed by atoms with Gasteiger partial charge in [-0.05, 0) is 18.6 Å². The van der Waals surface area contributed by atoms with Crippen LogP contribution in [0.5, 0.6) is 5.75 Å². The van der Waals surface area contributed by atoms with Crippen LogP contribution in [0, 0.1) is 0 Å². The van der Waals surface area contributed by atoms with Gasteiger partial charge in [0.25, 0.3) is 0 Å². The number of para-hydroxylation sites is 1. The highest BCUT2D eigenvalue weighted by Crippen LogP contribution is 2.02. The summed E-state index contributed by atoms with van der Waals surface area (Å²) in [7, 11) is 0. The molecule has 1 N–H and O–H groups in total. The Bertz CT molecular complexity index is 304. The molecular formula is C12H16O3. The average Bonchev–Trinajstić information content (AvgIpc) is 2.20. The summed E-state index contributed by atoms with van der Waals surface area (Å²) in [6.07, 6.45) is 1.16. The van der Waals surface area contributed by atoms with Crippen molar-refractivity contribution in [1.29, 1.82) is 0 Å². The van der Waals surface area contributed by atoms with E-state index in [1.165, 1.54) is 6.92 Å². The second-order valence-electron chi connectivity index (χ2n) is 3.06. The Morgan fingerprint density at radius 3 is 1.93 bits per heavy atom. The topological polar surface area (TPSA) is 54.4 Å². The van der Waals surface area contributed by atoms with Crippen molar-refractivity contribution >= 4 is 11.6 Å². The number of carbonyl (C=O) groups excluding carboxylic acids is 2. The molecule has 0 amide bonds. The lowest BCUT2D eigenvalue weighted by molar-refractivity contribution is -0.135. The molecule has 0 heterocycles. The molecule has 15 heavy (non-hydrogen) atoms. The third-order valence-corrected chi connectivity index (χ3v) is 1.63. The van der Waals surface area contributed by atoms with Crippen molar-refractivity contribution in [2.75, 3.05) is 0 Å². The molecule has 0 aromatic heterocycles. The number of rotatable bonds is 3. The largest absolute Gasteiger partial charge is 0.508 e. The van der Waals surface area contributed by atoms with Gasteiger partial charge in [-0.1, -0.05) is 25.1 Å². The van der Waals surface area contributed by atoms with Crippen LogP contribution in [0.4, 0.5) is 0 Å². The standard InChI is InChI=1S/C6H10O2.C6H6O/c1-3-4-6(8)5(2)7;7-6-4-2-1-3-5-6/h3-4H2,1-2H3;1-5,7H. The second kappa shape index (κ2) is 7.74. The van der Waals surface area contributed by atoms with Crippen molar-refractivity contribution in [2.45, 2.75) is 26.7 Å². The number of hydrogen-bond donors (Lipinski definition) is 1. The summed E-state index contributed by atoms with van der Waals surface area (Å²) in [5.41, 5.74) is 0. The fraction of sp³-hybridized carbons (Fsp3) is 0.333. The van der Waals surface area contributed by atoms with Crippen molar-refractivity contribution in [3.05, 3.63) is 30.3 Å². The predicted octanol–water partition coefficient (Wildman–Crippen LogP) is 2.34. The zero-order valence-electron chi connectivity index (χ0n) is 9.06. The number of aromatic hydroxyl groups is 1. The number of hydrogen-bond acceptors (Lipinski definition) is 3. The molecule has 0 saturated heterocycles. The van der Waals surface area contributed by atoms with Crippen LogP contribution in [0.15, 0.2) is 30.3 Å². The van der Waals surface area contributed by atoms with Gasteiger partial charge in [0.1, 0.15) is 5.75 Å². The molecule has 0 saturated carbocycles. The molecule has 0 fully saturated rings. The highest BCUT2D eigenvalue weighted by Gasteiger charge is 2.03. The predicted molar refractivity (Wildman–Crippen MR) is 58.7 cm³/mol. The monoisotopic (exact) mass is 208 g/mol. The van der Waals surface area contributed by atoms with E-state index in [2.05, 4.69) is 0 Å². The highest BCUT2D eigenvalue weighted by molar-refractivity contribution is 6.36. The SMILES string of the molecule is CCCC(=O)C(C)=O.Oc1ccccc1. The van der Waals surface area contributed by atoms with E-state index in [-0.39, 0.29) is 11.6 Å². The Hall–Kier alpha value is -1.64. The molecule has 1 aromatic rings. The maximum absolute atomic E-state index is 10.4. The first-order valence-corrected chi connectivity index (χ1v) is 4.85. The lowest BCUT2D eigenvalue weighted by Crippen LogP contribution is -2.07. The minimum Gasteiger partial charge on any atom is -0.508 e. The van der Waals surface area contributed by atoms with E-state index in [1.54, 1.807) is 24.3 Å². The fourth-order valence-corrected chi connectivity index (χ4v) is 0.831. The summed E-state index contributed by atoms with van der Waals surface area (Å²) in [4.78, 5) is 20.6. The zero-order chi connectivity index (χ0) is 11.7. The van der Waals surface area contributed by atoms with Crippen molar-refractivity contribution in [2.24, 2.45) is 0 Å². The fourth-order valence-electron chi connectivity index (χ4n) is 0.831. The smallest absolute Gasteiger partial charge is 0.198 e. The first-order valence-electron chi connectivity index (χ1n) is 4.85. The van der Waals surface area contributed by atoms with E-state index in [0.717, 1.165) is 6.42 Å². The van der Waals surface area contributed by atoms with E-state index in [1.807, 2.05) is 13.0 Å². The lowest BCUT2D eigenvalue weighted by Gasteiger charge is -1.87. The number of Topliss-reactive ketones (excluding diaryl/α,β-unsaturated/α-hetero) is 2. The van der Waals surface area contributed by atoms with E-state index in [4.69, 9.17) is 5.11 Å². The summed E-state index contributed by atoms with van der Waals surface area (Å²) >= 11 is 0. The normalized spacial score (nSPS) is 8.67. The van der Waals surface area contributed by atoms with Crippen LogP contribution in [0.2, 0.25) is 0 Å². The molecule has 0 atom stereocenters. The van der Waals surface area contributed by atoms with Gasteiger partial charge >= 0.3 is 0 Å². The highest BCUT2D eigenvalue weighted by atomic mass is 16.3. The summed E-state index contributed by atoms with van der Waals surface area (Å²) in [5, 5.41) is 8.63. The molecule has 82 valence electrons. The Kier molecular flexibility index (Phi) is 6.89. The number of phenolic OH excluding ortho intramolecular Hbond substituents is 1. The van der Waals surface area contributed by atoms with Crippen LogP contribution in [-0.4, -0.2) is 16.7 Å². The summed E-state index contributed by atoms with van der Waals surface area (Å²) in [6.45, 7) is 3.18. The third kappa shape index (κ3) is 7.43. The van der Waals surface area contributed by atoms with Crippen molar-refractivity contribution < 1.29 is 14.7 Å². The van der Waals surface area contributed by atoms with Crippen LogP contribution >= 0.6 is 0 Å². The summed E-state index contributed by atoms with van der Waals surface area (Å²) < 4.78 is 0. The van der Waals surface area contributed by atoms with Gasteiger partial charge in [0.05, 0.1) is 0 Å². The van der Waals surface area contributed by atoms with Crippen molar-refractivity contribution in [3.8, 4) is 5.75 Å². The molecule has 0 radical (unpaired) electrons. The number of ketones is 2. The van der Waals surface area contributed by atoms with Gasteiger partial charge in [-0.15, -0.1) is 0 Å². The molecule has 0 aliphatic heterocycles.